The smallest absolute Gasteiger partial charge is 0.337 e. The third-order valence-corrected chi connectivity index (χ3v) is 3.63. The van der Waals surface area contributed by atoms with Gasteiger partial charge >= 0.3 is 5.97 Å². The Morgan fingerprint density at radius 3 is 2.20 bits per heavy atom. The van der Waals surface area contributed by atoms with Crippen LogP contribution in [0, 0.1) is 0 Å². The lowest BCUT2D eigenvalue weighted by atomic mass is 9.98. The normalized spacial score (nSPS) is 11.4. The molecule has 7 nitrogen and oxygen atoms in total. The van der Waals surface area contributed by atoms with Crippen LogP contribution in [0.5, 0.6) is 0 Å². The van der Waals surface area contributed by atoms with Gasteiger partial charge in [0.1, 0.15) is 4.90 Å². The molecular weight excluding hydrogens is 286 g/mol. The molecule has 0 aliphatic carbocycles. The van der Waals surface area contributed by atoms with E-state index in [1.165, 1.54) is 12.1 Å². The largest absolute Gasteiger partial charge is 0.478 e. The zero-order valence-corrected chi connectivity index (χ0v) is 10.7. The van der Waals surface area contributed by atoms with Gasteiger partial charge in [0, 0.05) is 0 Å². The molecule has 0 atom stereocenters. The van der Waals surface area contributed by atoms with Crippen molar-refractivity contribution in [3.05, 3.63) is 41.5 Å². The lowest BCUT2D eigenvalue weighted by Gasteiger charge is -2.11. The fourth-order valence-electron chi connectivity index (χ4n) is 1.99. The predicted octanol–water partition coefficient (Wildman–Crippen LogP) is 0.884. The second-order valence-corrected chi connectivity index (χ2v) is 5.38. The number of aromatic carboxylic acids is 1. The summed E-state index contributed by atoms with van der Waals surface area (Å²) in [7, 11) is -4.81. The van der Waals surface area contributed by atoms with Crippen molar-refractivity contribution < 1.29 is 27.7 Å². The molecule has 0 unspecified atom stereocenters. The molecule has 2 rings (SSSR count). The van der Waals surface area contributed by atoms with Crippen molar-refractivity contribution in [2.45, 2.75) is 4.90 Å². The molecule has 1 amide bonds. The number of carbonyl (C=O) groups excluding carboxylic acids is 1. The average Bonchev–Trinajstić information content (AvgIpc) is 2.34. The number of fused-ring (bicyclic) bond motifs is 1. The van der Waals surface area contributed by atoms with Crippen LogP contribution in [0.3, 0.4) is 0 Å². The Balaban J connectivity index is 3.13. The van der Waals surface area contributed by atoms with Gasteiger partial charge in [-0.1, -0.05) is 24.3 Å². The van der Waals surface area contributed by atoms with Crippen LogP contribution >= 0.6 is 0 Å². The number of hydrogen-bond donors (Lipinski definition) is 3. The van der Waals surface area contributed by atoms with Gasteiger partial charge in [0.15, 0.2) is 0 Å². The standard InChI is InChI=1S/C12H9NO6S/c13-11(14)9-7-4-2-1-3-6(7)5-8(20(17,18)19)10(9)12(15)16/h1-5H,(H2,13,14)(H,15,16)(H,17,18,19). The first-order valence-corrected chi connectivity index (χ1v) is 6.74. The molecule has 2 aromatic carbocycles. The van der Waals surface area contributed by atoms with Crippen LogP contribution in [0.4, 0.5) is 0 Å². The van der Waals surface area contributed by atoms with E-state index in [0.717, 1.165) is 6.07 Å². The molecule has 0 aliphatic rings. The maximum absolute atomic E-state index is 11.5. The van der Waals surface area contributed by atoms with E-state index in [0.29, 0.717) is 0 Å². The molecule has 0 aliphatic heterocycles. The van der Waals surface area contributed by atoms with Gasteiger partial charge in [0.25, 0.3) is 10.1 Å². The number of carboxylic acid groups (broad SMARTS) is 1. The van der Waals surface area contributed by atoms with Gasteiger partial charge < -0.3 is 10.8 Å². The number of benzene rings is 2. The fraction of sp³-hybridized carbons (Fsp3) is 0. The maximum Gasteiger partial charge on any atom is 0.337 e. The second kappa shape index (κ2) is 4.58. The summed E-state index contributed by atoms with van der Waals surface area (Å²) < 4.78 is 31.8. The van der Waals surface area contributed by atoms with Crippen molar-refractivity contribution in [3.8, 4) is 0 Å². The molecule has 20 heavy (non-hydrogen) atoms. The number of primary amides is 1. The minimum Gasteiger partial charge on any atom is -0.478 e. The Labute approximate surface area is 113 Å². The number of amides is 1. The first kappa shape index (κ1) is 14.0. The van der Waals surface area contributed by atoms with Crippen LogP contribution in [0.2, 0.25) is 0 Å². The molecule has 2 aromatic rings. The van der Waals surface area contributed by atoms with E-state index in [1.807, 2.05) is 0 Å². The number of rotatable bonds is 3. The van der Waals surface area contributed by atoms with E-state index < -0.39 is 38.0 Å². The van der Waals surface area contributed by atoms with Gasteiger partial charge in [-0.2, -0.15) is 8.42 Å². The van der Waals surface area contributed by atoms with Crippen LogP contribution in [0.15, 0.2) is 35.2 Å². The fourth-order valence-corrected chi connectivity index (χ4v) is 2.72. The first-order valence-electron chi connectivity index (χ1n) is 5.30. The van der Waals surface area contributed by atoms with E-state index in [2.05, 4.69) is 0 Å². The van der Waals surface area contributed by atoms with Crippen molar-refractivity contribution in [3.63, 3.8) is 0 Å². The molecule has 0 aromatic heterocycles. The quantitative estimate of drug-likeness (QED) is 0.719. The molecule has 0 saturated carbocycles. The average molecular weight is 295 g/mol. The molecule has 0 spiro atoms. The molecular formula is C12H9NO6S. The van der Waals surface area contributed by atoms with Gasteiger partial charge in [-0.3, -0.25) is 9.35 Å². The molecule has 0 radical (unpaired) electrons. The van der Waals surface area contributed by atoms with Crippen LogP contribution in [-0.2, 0) is 10.1 Å². The summed E-state index contributed by atoms with van der Waals surface area (Å²) in [6.07, 6.45) is 0. The van der Waals surface area contributed by atoms with Crippen molar-refractivity contribution >= 4 is 32.8 Å². The van der Waals surface area contributed by atoms with E-state index in [-0.39, 0.29) is 10.8 Å². The maximum atomic E-state index is 11.5. The molecule has 0 fully saturated rings. The molecule has 104 valence electrons. The van der Waals surface area contributed by atoms with Gasteiger partial charge in [0.05, 0.1) is 11.1 Å². The van der Waals surface area contributed by atoms with Crippen molar-refractivity contribution in [1.29, 1.82) is 0 Å². The Bertz CT molecular complexity index is 840. The highest BCUT2D eigenvalue weighted by Crippen LogP contribution is 2.28. The van der Waals surface area contributed by atoms with Crippen molar-refractivity contribution in [1.82, 2.24) is 0 Å². The first-order chi connectivity index (χ1) is 9.23. The summed E-state index contributed by atoms with van der Waals surface area (Å²) in [6, 6.07) is 7.02. The molecule has 8 heteroatoms. The lowest BCUT2D eigenvalue weighted by Crippen LogP contribution is -2.20. The molecule has 0 bridgehead atoms. The lowest BCUT2D eigenvalue weighted by molar-refractivity contribution is 0.0687. The summed E-state index contributed by atoms with van der Waals surface area (Å²) in [4.78, 5) is 21.9. The van der Waals surface area contributed by atoms with E-state index in [1.54, 1.807) is 12.1 Å². The highest BCUT2D eigenvalue weighted by atomic mass is 32.2. The Morgan fingerprint density at radius 1 is 1.10 bits per heavy atom. The molecule has 0 heterocycles. The Morgan fingerprint density at radius 2 is 1.70 bits per heavy atom. The SMILES string of the molecule is NC(=O)c1c(C(=O)O)c(S(=O)(=O)O)cc2ccccc12. The summed E-state index contributed by atoms with van der Waals surface area (Å²) >= 11 is 0. The number of hydrogen-bond acceptors (Lipinski definition) is 4. The van der Waals surface area contributed by atoms with Gasteiger partial charge in [0.2, 0.25) is 5.91 Å². The minimum atomic E-state index is -4.81. The molecule has 4 N–H and O–H groups in total. The van der Waals surface area contributed by atoms with Gasteiger partial charge in [-0.05, 0) is 16.8 Å². The predicted molar refractivity (Wildman–Crippen MR) is 69.2 cm³/mol. The van der Waals surface area contributed by atoms with Crippen molar-refractivity contribution in [2.24, 2.45) is 5.73 Å². The van der Waals surface area contributed by atoms with E-state index in [9.17, 15) is 18.0 Å². The van der Waals surface area contributed by atoms with Crippen LogP contribution in [-0.4, -0.2) is 30.0 Å². The zero-order chi connectivity index (χ0) is 15.1. The summed E-state index contributed by atoms with van der Waals surface area (Å²) in [5.41, 5.74) is 3.86. The highest BCUT2D eigenvalue weighted by molar-refractivity contribution is 7.86. The molecule has 0 saturated heterocycles. The second-order valence-electron chi connectivity index (χ2n) is 3.99. The Kier molecular flexibility index (Phi) is 3.20. The third kappa shape index (κ3) is 2.22. The van der Waals surface area contributed by atoms with Crippen molar-refractivity contribution in [2.75, 3.05) is 0 Å². The van der Waals surface area contributed by atoms with Gasteiger partial charge in [-0.15, -0.1) is 0 Å². The van der Waals surface area contributed by atoms with Crippen LogP contribution in [0.1, 0.15) is 20.7 Å². The number of carbonyl (C=O) groups is 2. The minimum absolute atomic E-state index is 0.199. The van der Waals surface area contributed by atoms with Crippen LogP contribution in [0.25, 0.3) is 10.8 Å². The summed E-state index contributed by atoms with van der Waals surface area (Å²) in [6.45, 7) is 0. The summed E-state index contributed by atoms with van der Waals surface area (Å²) in [5, 5.41) is 9.61. The van der Waals surface area contributed by atoms with E-state index >= 15 is 0 Å². The number of nitrogens with two attached hydrogens (primary N) is 1. The van der Waals surface area contributed by atoms with E-state index in [4.69, 9.17) is 15.4 Å². The highest BCUT2D eigenvalue weighted by Gasteiger charge is 2.28. The zero-order valence-electron chi connectivity index (χ0n) is 9.90. The third-order valence-electron chi connectivity index (χ3n) is 2.75. The Hall–Kier alpha value is -2.45. The number of carboxylic acids is 1. The van der Waals surface area contributed by atoms with Gasteiger partial charge in [-0.25, -0.2) is 4.79 Å². The monoisotopic (exact) mass is 295 g/mol. The van der Waals surface area contributed by atoms with Crippen LogP contribution < -0.4 is 5.73 Å². The summed E-state index contributed by atoms with van der Waals surface area (Å²) in [5.74, 6) is -2.76. The topological polar surface area (TPSA) is 135 Å².